The van der Waals surface area contributed by atoms with Crippen molar-refractivity contribution in [3.8, 4) is 0 Å². The molecule has 1 aromatic heterocycles. The van der Waals surface area contributed by atoms with Crippen LogP contribution in [0.5, 0.6) is 0 Å². The molecule has 0 bridgehead atoms. The van der Waals surface area contributed by atoms with E-state index in [2.05, 4.69) is 10.4 Å². The Balaban J connectivity index is 2.08. The average molecular weight is 294 g/mol. The van der Waals surface area contributed by atoms with Crippen LogP contribution in [0.2, 0.25) is 0 Å². The van der Waals surface area contributed by atoms with Crippen molar-refractivity contribution in [2.45, 2.75) is 52.5 Å². The first kappa shape index (κ1) is 15.8. The summed E-state index contributed by atoms with van der Waals surface area (Å²) in [7, 11) is 0. The summed E-state index contributed by atoms with van der Waals surface area (Å²) in [5.41, 5.74) is 7.34. The van der Waals surface area contributed by atoms with Crippen LogP contribution in [0.25, 0.3) is 0 Å². The molecular formula is C15H26N4O2. The first-order valence-electron chi connectivity index (χ1n) is 7.75. The third kappa shape index (κ3) is 3.20. The van der Waals surface area contributed by atoms with Crippen LogP contribution < -0.4 is 11.1 Å². The van der Waals surface area contributed by atoms with Gasteiger partial charge < -0.3 is 16.2 Å². The molecule has 118 valence electrons. The van der Waals surface area contributed by atoms with Crippen molar-refractivity contribution < 1.29 is 9.90 Å². The first-order valence-corrected chi connectivity index (χ1v) is 7.75. The minimum absolute atomic E-state index is 0.120. The van der Waals surface area contributed by atoms with E-state index in [1.54, 1.807) is 11.6 Å². The van der Waals surface area contributed by atoms with Gasteiger partial charge in [-0.1, -0.05) is 19.3 Å². The zero-order chi connectivity index (χ0) is 15.5. The van der Waals surface area contributed by atoms with Gasteiger partial charge in [0.15, 0.2) is 0 Å². The Morgan fingerprint density at radius 1 is 1.43 bits per heavy atom. The number of nitrogens with one attached hydrogen (secondary N) is 1. The Hall–Kier alpha value is -1.56. The predicted octanol–water partition coefficient (Wildman–Crippen LogP) is 1.47. The van der Waals surface area contributed by atoms with Crippen molar-refractivity contribution in [2.24, 2.45) is 5.41 Å². The number of rotatable bonds is 5. The summed E-state index contributed by atoms with van der Waals surface area (Å²) >= 11 is 0. The smallest absolute Gasteiger partial charge is 0.271 e. The van der Waals surface area contributed by atoms with E-state index in [1.165, 1.54) is 6.42 Å². The van der Waals surface area contributed by atoms with Crippen LogP contribution in [0, 0.1) is 12.3 Å². The Bertz CT molecular complexity index is 504. The number of carbonyl (C=O) groups is 1. The van der Waals surface area contributed by atoms with Gasteiger partial charge in [-0.2, -0.15) is 5.10 Å². The van der Waals surface area contributed by atoms with Crippen LogP contribution in [0.4, 0.5) is 5.69 Å². The van der Waals surface area contributed by atoms with E-state index >= 15 is 0 Å². The molecule has 2 rings (SSSR count). The SMILES string of the molecule is CCn1nc(C)c(N)c1C(=O)NCC1(CO)CCCCC1. The summed E-state index contributed by atoms with van der Waals surface area (Å²) in [4.78, 5) is 12.4. The summed E-state index contributed by atoms with van der Waals surface area (Å²) in [5, 5.41) is 16.9. The number of nitrogen functional groups attached to an aromatic ring is 1. The maximum atomic E-state index is 12.4. The Morgan fingerprint density at radius 3 is 2.67 bits per heavy atom. The lowest BCUT2D eigenvalue weighted by Crippen LogP contribution is -2.42. The maximum Gasteiger partial charge on any atom is 0.271 e. The van der Waals surface area contributed by atoms with Gasteiger partial charge in [0, 0.05) is 18.5 Å². The Labute approximate surface area is 125 Å². The second kappa shape index (κ2) is 6.47. The van der Waals surface area contributed by atoms with Crippen molar-refractivity contribution >= 4 is 11.6 Å². The lowest BCUT2D eigenvalue weighted by atomic mass is 9.74. The standard InChI is InChI=1S/C15H26N4O2/c1-3-19-13(12(16)11(2)18-19)14(21)17-9-15(10-20)7-5-4-6-8-15/h20H,3-10,16H2,1-2H3,(H,17,21). The van der Waals surface area contributed by atoms with E-state index in [0.717, 1.165) is 25.7 Å². The topological polar surface area (TPSA) is 93.2 Å². The molecule has 1 saturated carbocycles. The lowest BCUT2D eigenvalue weighted by molar-refractivity contribution is 0.0713. The summed E-state index contributed by atoms with van der Waals surface area (Å²) < 4.78 is 1.63. The van der Waals surface area contributed by atoms with E-state index < -0.39 is 0 Å². The molecule has 1 aliphatic carbocycles. The van der Waals surface area contributed by atoms with E-state index in [0.29, 0.717) is 30.2 Å². The maximum absolute atomic E-state index is 12.4. The number of carbonyl (C=O) groups excluding carboxylic acids is 1. The van der Waals surface area contributed by atoms with E-state index in [4.69, 9.17) is 5.73 Å². The lowest BCUT2D eigenvalue weighted by Gasteiger charge is -2.35. The normalized spacial score (nSPS) is 17.7. The highest BCUT2D eigenvalue weighted by Gasteiger charge is 2.32. The Morgan fingerprint density at radius 2 is 2.10 bits per heavy atom. The van der Waals surface area contributed by atoms with Gasteiger partial charge in [0.1, 0.15) is 5.69 Å². The van der Waals surface area contributed by atoms with Crippen LogP contribution in [0.15, 0.2) is 0 Å². The summed E-state index contributed by atoms with van der Waals surface area (Å²) in [6.07, 6.45) is 5.37. The number of amides is 1. The number of hydrogen-bond donors (Lipinski definition) is 3. The molecule has 21 heavy (non-hydrogen) atoms. The molecule has 0 aromatic carbocycles. The summed E-state index contributed by atoms with van der Waals surface area (Å²) in [6, 6.07) is 0. The Kier molecular flexibility index (Phi) is 4.88. The second-order valence-electron chi connectivity index (χ2n) is 6.06. The molecule has 6 nitrogen and oxygen atoms in total. The number of nitrogens with two attached hydrogens (primary N) is 1. The predicted molar refractivity (Wildman–Crippen MR) is 82.0 cm³/mol. The molecule has 0 saturated heterocycles. The molecule has 0 atom stereocenters. The number of aliphatic hydroxyl groups excluding tert-OH is 1. The summed E-state index contributed by atoms with van der Waals surface area (Å²) in [5.74, 6) is -0.201. The number of aliphatic hydroxyl groups is 1. The molecule has 0 unspecified atom stereocenters. The van der Waals surface area contributed by atoms with E-state index in [-0.39, 0.29) is 17.9 Å². The highest BCUT2D eigenvalue weighted by molar-refractivity contribution is 5.98. The van der Waals surface area contributed by atoms with E-state index in [9.17, 15) is 9.90 Å². The van der Waals surface area contributed by atoms with Crippen molar-refractivity contribution in [3.05, 3.63) is 11.4 Å². The number of anilines is 1. The van der Waals surface area contributed by atoms with Gasteiger partial charge in [0.05, 0.1) is 18.0 Å². The van der Waals surface area contributed by atoms with Crippen LogP contribution in [0.3, 0.4) is 0 Å². The van der Waals surface area contributed by atoms with Gasteiger partial charge in [-0.25, -0.2) is 0 Å². The van der Waals surface area contributed by atoms with Crippen LogP contribution >= 0.6 is 0 Å². The molecule has 1 amide bonds. The molecule has 4 N–H and O–H groups in total. The molecule has 6 heteroatoms. The van der Waals surface area contributed by atoms with Gasteiger partial charge in [-0.15, -0.1) is 0 Å². The highest BCUT2D eigenvalue weighted by Crippen LogP contribution is 2.35. The van der Waals surface area contributed by atoms with Gasteiger partial charge >= 0.3 is 0 Å². The van der Waals surface area contributed by atoms with Gasteiger partial charge in [-0.05, 0) is 26.7 Å². The molecule has 1 heterocycles. The highest BCUT2D eigenvalue weighted by atomic mass is 16.3. The fraction of sp³-hybridized carbons (Fsp3) is 0.733. The van der Waals surface area contributed by atoms with Gasteiger partial charge in [0.2, 0.25) is 0 Å². The number of aryl methyl sites for hydroxylation is 2. The number of aromatic nitrogens is 2. The molecule has 1 aliphatic rings. The average Bonchev–Trinajstić information content (AvgIpc) is 2.81. The minimum Gasteiger partial charge on any atom is -0.396 e. The molecular weight excluding hydrogens is 268 g/mol. The van der Waals surface area contributed by atoms with E-state index in [1.807, 2.05) is 6.92 Å². The fourth-order valence-corrected chi connectivity index (χ4v) is 3.11. The zero-order valence-corrected chi connectivity index (χ0v) is 13.0. The molecule has 0 spiro atoms. The molecule has 1 fully saturated rings. The number of nitrogens with zero attached hydrogens (tertiary/aromatic N) is 2. The van der Waals surface area contributed by atoms with Crippen molar-refractivity contribution in [1.29, 1.82) is 0 Å². The first-order chi connectivity index (χ1) is 10.0. The third-order valence-corrected chi connectivity index (χ3v) is 4.56. The number of hydrogen-bond acceptors (Lipinski definition) is 4. The molecule has 1 aromatic rings. The van der Waals surface area contributed by atoms with Crippen LogP contribution in [-0.4, -0.2) is 33.9 Å². The van der Waals surface area contributed by atoms with Crippen LogP contribution in [0.1, 0.15) is 55.2 Å². The van der Waals surface area contributed by atoms with Gasteiger partial charge in [0.25, 0.3) is 5.91 Å². The van der Waals surface area contributed by atoms with Crippen LogP contribution in [-0.2, 0) is 6.54 Å². The fourth-order valence-electron chi connectivity index (χ4n) is 3.11. The third-order valence-electron chi connectivity index (χ3n) is 4.56. The zero-order valence-electron chi connectivity index (χ0n) is 13.0. The monoisotopic (exact) mass is 294 g/mol. The van der Waals surface area contributed by atoms with Gasteiger partial charge in [-0.3, -0.25) is 9.48 Å². The summed E-state index contributed by atoms with van der Waals surface area (Å²) in [6.45, 7) is 4.95. The minimum atomic E-state index is -0.201. The van der Waals surface area contributed by atoms with Crippen molar-refractivity contribution in [1.82, 2.24) is 15.1 Å². The van der Waals surface area contributed by atoms with Crippen molar-refractivity contribution in [2.75, 3.05) is 18.9 Å². The quantitative estimate of drug-likeness (QED) is 0.766. The largest absolute Gasteiger partial charge is 0.396 e. The van der Waals surface area contributed by atoms with Crippen molar-refractivity contribution in [3.63, 3.8) is 0 Å². The second-order valence-corrected chi connectivity index (χ2v) is 6.06. The molecule has 0 aliphatic heterocycles. The molecule has 0 radical (unpaired) electrons.